The summed E-state index contributed by atoms with van der Waals surface area (Å²) in [5.41, 5.74) is 4.60. The van der Waals surface area contributed by atoms with Crippen LogP contribution in [0.3, 0.4) is 0 Å². The number of carbonyl (C=O) groups is 2. The van der Waals surface area contributed by atoms with Crippen LogP contribution in [0.15, 0.2) is 51.2 Å². The molecule has 2 atom stereocenters. The summed E-state index contributed by atoms with van der Waals surface area (Å²) in [6, 6.07) is 7.59. The Morgan fingerprint density at radius 3 is 2.71 bits per heavy atom. The van der Waals surface area contributed by atoms with Crippen LogP contribution in [0.25, 0.3) is 0 Å². The van der Waals surface area contributed by atoms with Gasteiger partial charge in [0.05, 0.1) is 42.2 Å². The van der Waals surface area contributed by atoms with E-state index in [1.165, 1.54) is 13.3 Å². The Morgan fingerprint density at radius 1 is 1.26 bits per heavy atom. The van der Waals surface area contributed by atoms with E-state index in [0.717, 1.165) is 13.6 Å². The number of nitrogens with zero attached hydrogens (tertiary/aromatic N) is 1. The van der Waals surface area contributed by atoms with Gasteiger partial charge in [-0.05, 0) is 66.3 Å². The first-order chi connectivity index (χ1) is 18.2. The molecule has 38 heavy (non-hydrogen) atoms. The Hall–Kier alpha value is -3.04. The summed E-state index contributed by atoms with van der Waals surface area (Å²) in [7, 11) is 2.85. The molecule has 0 aliphatic carbocycles. The van der Waals surface area contributed by atoms with E-state index in [0.29, 0.717) is 35.1 Å². The number of aliphatic hydroxyl groups is 1. The van der Waals surface area contributed by atoms with Gasteiger partial charge in [-0.25, -0.2) is 9.59 Å². The Morgan fingerprint density at radius 2 is 2.03 bits per heavy atom. The standard InChI is InChI=1S/C25H28BrIN4O7/c1-5-37-19-9-14(22-21(24(33)36-4)13(2)29-25(34)30-22)6-7-18(19)38-12-20(32)31-28-11-15-8-16(26)10-17(27)23(15)35-3/h6-11,20,22,31-32H,5,12H2,1-4H3,(H2,29,30,34)/b28-11+/t20-,22-/m0/s1. The van der Waals surface area contributed by atoms with Crippen LogP contribution < -0.4 is 30.3 Å². The normalized spacial score (nSPS) is 16.0. The van der Waals surface area contributed by atoms with Gasteiger partial charge in [0.2, 0.25) is 0 Å². The number of benzene rings is 2. The van der Waals surface area contributed by atoms with Gasteiger partial charge in [-0.2, -0.15) is 5.10 Å². The third-order valence-corrected chi connectivity index (χ3v) is 6.60. The molecule has 0 aromatic heterocycles. The molecule has 0 saturated heterocycles. The van der Waals surface area contributed by atoms with Crippen LogP contribution in [0.5, 0.6) is 17.2 Å². The number of allylic oxidation sites excluding steroid dienone is 1. The molecular formula is C25H28BrIN4O7. The molecule has 1 aliphatic heterocycles. The van der Waals surface area contributed by atoms with Crippen LogP contribution in [0.2, 0.25) is 0 Å². The van der Waals surface area contributed by atoms with Gasteiger partial charge >= 0.3 is 12.0 Å². The van der Waals surface area contributed by atoms with E-state index >= 15 is 0 Å². The number of ether oxygens (including phenoxy) is 4. The number of urea groups is 1. The summed E-state index contributed by atoms with van der Waals surface area (Å²) < 4.78 is 23.6. The van der Waals surface area contributed by atoms with Crippen molar-refractivity contribution in [2.24, 2.45) is 5.10 Å². The SMILES string of the molecule is CCOc1cc([C@@H]2NC(=O)NC(C)=C2C(=O)OC)ccc1OC[C@H](O)N/N=C/c1cc(Br)cc(I)c1OC. The smallest absolute Gasteiger partial charge is 0.337 e. The lowest BCUT2D eigenvalue weighted by atomic mass is 9.95. The average molecular weight is 703 g/mol. The van der Waals surface area contributed by atoms with Crippen molar-refractivity contribution >= 4 is 56.7 Å². The zero-order valence-corrected chi connectivity index (χ0v) is 24.9. The fourth-order valence-electron chi connectivity index (χ4n) is 3.71. The Bertz CT molecular complexity index is 1250. The first-order valence-electron chi connectivity index (χ1n) is 11.4. The number of esters is 1. The van der Waals surface area contributed by atoms with Gasteiger partial charge in [-0.15, -0.1) is 0 Å². The van der Waals surface area contributed by atoms with Gasteiger partial charge in [0.1, 0.15) is 12.4 Å². The fraction of sp³-hybridized carbons (Fsp3) is 0.320. The second-order valence-electron chi connectivity index (χ2n) is 7.93. The topological polar surface area (TPSA) is 140 Å². The zero-order chi connectivity index (χ0) is 27.8. The van der Waals surface area contributed by atoms with E-state index < -0.39 is 24.3 Å². The van der Waals surface area contributed by atoms with Crippen LogP contribution in [-0.4, -0.2) is 57.0 Å². The first-order valence-corrected chi connectivity index (χ1v) is 13.3. The molecule has 4 N–H and O–H groups in total. The largest absolute Gasteiger partial charge is 0.495 e. The monoisotopic (exact) mass is 702 g/mol. The molecule has 0 saturated carbocycles. The molecule has 0 unspecified atom stereocenters. The highest BCUT2D eigenvalue weighted by Gasteiger charge is 2.32. The number of nitrogens with one attached hydrogen (secondary N) is 3. The highest BCUT2D eigenvalue weighted by atomic mass is 127. The minimum Gasteiger partial charge on any atom is -0.495 e. The molecule has 204 valence electrons. The lowest BCUT2D eigenvalue weighted by molar-refractivity contribution is -0.136. The predicted octanol–water partition coefficient (Wildman–Crippen LogP) is 3.58. The number of aliphatic hydroxyl groups excluding tert-OH is 1. The predicted molar refractivity (Wildman–Crippen MR) is 152 cm³/mol. The number of hydrazone groups is 1. The molecular weight excluding hydrogens is 675 g/mol. The van der Waals surface area contributed by atoms with E-state index in [1.807, 2.05) is 19.1 Å². The summed E-state index contributed by atoms with van der Waals surface area (Å²) in [5.74, 6) is 0.841. The number of amides is 2. The molecule has 2 aromatic rings. The Balaban J connectivity index is 1.72. The third kappa shape index (κ3) is 7.29. The van der Waals surface area contributed by atoms with Crippen molar-refractivity contribution in [2.75, 3.05) is 27.4 Å². The second-order valence-corrected chi connectivity index (χ2v) is 10.0. The molecule has 13 heteroatoms. The van der Waals surface area contributed by atoms with Crippen LogP contribution >= 0.6 is 38.5 Å². The van der Waals surface area contributed by atoms with E-state index in [-0.39, 0.29) is 12.2 Å². The van der Waals surface area contributed by atoms with Crippen molar-refractivity contribution in [2.45, 2.75) is 26.1 Å². The minimum atomic E-state index is -1.13. The van der Waals surface area contributed by atoms with Crippen LogP contribution in [0, 0.1) is 3.57 Å². The highest BCUT2D eigenvalue weighted by Crippen LogP contribution is 2.35. The summed E-state index contributed by atoms with van der Waals surface area (Å²) in [5, 5.41) is 19.8. The summed E-state index contributed by atoms with van der Waals surface area (Å²) in [4.78, 5) is 24.5. The van der Waals surface area contributed by atoms with Gasteiger partial charge in [0, 0.05) is 15.7 Å². The zero-order valence-electron chi connectivity index (χ0n) is 21.1. The third-order valence-electron chi connectivity index (χ3n) is 5.34. The van der Waals surface area contributed by atoms with Crippen molar-refractivity contribution in [3.05, 3.63) is 60.8 Å². The van der Waals surface area contributed by atoms with Crippen LogP contribution in [0.1, 0.15) is 31.0 Å². The van der Waals surface area contributed by atoms with E-state index in [1.54, 1.807) is 32.2 Å². The number of hydrogen-bond donors (Lipinski definition) is 4. The van der Waals surface area contributed by atoms with Gasteiger partial charge in [0.15, 0.2) is 17.7 Å². The number of hydrogen-bond acceptors (Lipinski definition) is 9. The second kappa shape index (κ2) is 13.7. The summed E-state index contributed by atoms with van der Waals surface area (Å²) in [6.07, 6.45) is 0.412. The van der Waals surface area contributed by atoms with Crippen molar-refractivity contribution in [1.82, 2.24) is 16.1 Å². The van der Waals surface area contributed by atoms with Crippen LogP contribution in [-0.2, 0) is 9.53 Å². The fourth-order valence-corrected chi connectivity index (χ4v) is 5.48. The molecule has 0 radical (unpaired) electrons. The maximum Gasteiger partial charge on any atom is 0.337 e. The Labute approximate surface area is 242 Å². The molecule has 1 aliphatic rings. The molecule has 11 nitrogen and oxygen atoms in total. The molecule has 0 spiro atoms. The van der Waals surface area contributed by atoms with E-state index in [9.17, 15) is 14.7 Å². The molecule has 0 bridgehead atoms. The van der Waals surface area contributed by atoms with E-state index in [2.05, 4.69) is 59.7 Å². The molecule has 1 heterocycles. The first kappa shape index (κ1) is 29.5. The van der Waals surface area contributed by atoms with Gasteiger partial charge in [-0.3, -0.25) is 5.43 Å². The van der Waals surface area contributed by atoms with Crippen molar-refractivity contribution in [3.8, 4) is 17.2 Å². The molecule has 0 fully saturated rings. The number of methoxy groups -OCH3 is 2. The average Bonchev–Trinajstić information content (AvgIpc) is 2.87. The van der Waals surface area contributed by atoms with Gasteiger partial charge in [-0.1, -0.05) is 22.0 Å². The van der Waals surface area contributed by atoms with E-state index in [4.69, 9.17) is 18.9 Å². The van der Waals surface area contributed by atoms with Crippen LogP contribution in [0.4, 0.5) is 4.79 Å². The summed E-state index contributed by atoms with van der Waals surface area (Å²) >= 11 is 5.61. The maximum atomic E-state index is 12.4. The lowest BCUT2D eigenvalue weighted by Crippen LogP contribution is -2.45. The van der Waals surface area contributed by atoms with Crippen molar-refractivity contribution in [1.29, 1.82) is 0 Å². The lowest BCUT2D eigenvalue weighted by Gasteiger charge is -2.28. The quantitative estimate of drug-likeness (QED) is 0.0917. The number of rotatable bonds is 11. The van der Waals surface area contributed by atoms with Gasteiger partial charge < -0.3 is 34.7 Å². The van der Waals surface area contributed by atoms with Crippen molar-refractivity contribution < 1.29 is 33.6 Å². The van der Waals surface area contributed by atoms with Gasteiger partial charge in [0.25, 0.3) is 0 Å². The minimum absolute atomic E-state index is 0.138. The maximum absolute atomic E-state index is 12.4. The summed E-state index contributed by atoms with van der Waals surface area (Å²) in [6.45, 7) is 3.65. The Kier molecular flexibility index (Phi) is 10.6. The highest BCUT2D eigenvalue weighted by molar-refractivity contribution is 14.1. The van der Waals surface area contributed by atoms with Crippen molar-refractivity contribution in [3.63, 3.8) is 0 Å². The molecule has 3 rings (SSSR count). The molecule has 2 amide bonds. The molecule has 2 aromatic carbocycles. The number of halogens is 2. The number of carbonyl (C=O) groups excluding carboxylic acids is 2.